The second kappa shape index (κ2) is 6.46. The summed E-state index contributed by atoms with van der Waals surface area (Å²) in [6.45, 7) is 8.01. The van der Waals surface area contributed by atoms with Crippen LogP contribution in [0.1, 0.15) is 19.4 Å². The maximum Gasteiger partial charge on any atom is 0.0858 e. The van der Waals surface area contributed by atoms with E-state index in [0.29, 0.717) is 6.61 Å². The van der Waals surface area contributed by atoms with E-state index in [-0.39, 0.29) is 12.0 Å². The van der Waals surface area contributed by atoms with Crippen LogP contribution in [0.5, 0.6) is 0 Å². The van der Waals surface area contributed by atoms with Gasteiger partial charge in [0.15, 0.2) is 0 Å². The number of aliphatic hydroxyl groups is 1. The molecule has 1 aromatic rings. The molecule has 1 rings (SSSR count). The van der Waals surface area contributed by atoms with E-state index < -0.39 is 6.10 Å². The predicted molar refractivity (Wildman–Crippen MR) is 66.1 cm³/mol. The van der Waals surface area contributed by atoms with Crippen molar-refractivity contribution in [3.63, 3.8) is 0 Å². The van der Waals surface area contributed by atoms with E-state index in [1.165, 1.54) is 0 Å². The van der Waals surface area contributed by atoms with Crippen molar-refractivity contribution in [1.29, 1.82) is 0 Å². The predicted octanol–water partition coefficient (Wildman–Crippen LogP) is 2.77. The van der Waals surface area contributed by atoms with Crippen LogP contribution in [0.2, 0.25) is 0 Å². The maximum absolute atomic E-state index is 9.87. The number of hydrogen-bond donors (Lipinski definition) is 1. The van der Waals surface area contributed by atoms with Gasteiger partial charge in [-0.2, -0.15) is 0 Å². The molecule has 0 amide bonds. The summed E-state index contributed by atoms with van der Waals surface area (Å²) in [5.41, 5.74) is 1.12. The molecule has 0 saturated carbocycles. The molecule has 16 heavy (non-hydrogen) atoms. The molecular formula is C14H20O2. The SMILES string of the molecule is C=C[C@@H](C)[C@H](O)[C@@H](C)OCc1ccccc1. The Bertz CT molecular complexity index is 308. The summed E-state index contributed by atoms with van der Waals surface area (Å²) < 4.78 is 5.62. The molecule has 0 radical (unpaired) electrons. The minimum atomic E-state index is -0.499. The first-order valence-corrected chi connectivity index (χ1v) is 5.61. The number of benzene rings is 1. The molecule has 0 fully saturated rings. The van der Waals surface area contributed by atoms with E-state index >= 15 is 0 Å². The molecule has 2 nitrogen and oxygen atoms in total. The highest BCUT2D eigenvalue weighted by atomic mass is 16.5. The van der Waals surface area contributed by atoms with Gasteiger partial charge in [0.2, 0.25) is 0 Å². The molecule has 88 valence electrons. The minimum Gasteiger partial charge on any atom is -0.390 e. The first-order chi connectivity index (χ1) is 7.65. The van der Waals surface area contributed by atoms with E-state index in [1.807, 2.05) is 44.2 Å². The van der Waals surface area contributed by atoms with E-state index in [9.17, 15) is 5.11 Å². The van der Waals surface area contributed by atoms with Crippen LogP contribution in [-0.4, -0.2) is 17.3 Å². The lowest BCUT2D eigenvalue weighted by atomic mass is 10.0. The molecule has 0 aliphatic carbocycles. The van der Waals surface area contributed by atoms with Gasteiger partial charge in [-0.25, -0.2) is 0 Å². The molecule has 0 spiro atoms. The van der Waals surface area contributed by atoms with Crippen LogP contribution >= 0.6 is 0 Å². The topological polar surface area (TPSA) is 29.5 Å². The maximum atomic E-state index is 9.87. The van der Waals surface area contributed by atoms with Crippen LogP contribution < -0.4 is 0 Å². The third-order valence-electron chi connectivity index (χ3n) is 2.75. The van der Waals surface area contributed by atoms with Crippen molar-refractivity contribution in [3.8, 4) is 0 Å². The highest BCUT2D eigenvalue weighted by Gasteiger charge is 2.19. The lowest BCUT2D eigenvalue weighted by Crippen LogP contribution is -2.31. The second-order valence-corrected chi connectivity index (χ2v) is 4.09. The van der Waals surface area contributed by atoms with Gasteiger partial charge in [-0.05, 0) is 12.5 Å². The van der Waals surface area contributed by atoms with Gasteiger partial charge in [0.05, 0.1) is 18.8 Å². The first-order valence-electron chi connectivity index (χ1n) is 5.61. The van der Waals surface area contributed by atoms with Crippen molar-refractivity contribution in [2.24, 2.45) is 5.92 Å². The van der Waals surface area contributed by atoms with Gasteiger partial charge in [-0.1, -0.05) is 43.3 Å². The molecule has 0 bridgehead atoms. The van der Waals surface area contributed by atoms with Crippen molar-refractivity contribution in [2.45, 2.75) is 32.7 Å². The summed E-state index contributed by atoms with van der Waals surface area (Å²) in [5, 5.41) is 9.87. The second-order valence-electron chi connectivity index (χ2n) is 4.09. The molecule has 3 atom stereocenters. The van der Waals surface area contributed by atoms with Gasteiger partial charge >= 0.3 is 0 Å². The zero-order valence-corrected chi connectivity index (χ0v) is 9.97. The summed E-state index contributed by atoms with van der Waals surface area (Å²) in [6.07, 6.45) is 1.06. The molecule has 0 aliphatic heterocycles. The Kier molecular flexibility index (Phi) is 5.23. The van der Waals surface area contributed by atoms with Crippen molar-refractivity contribution >= 4 is 0 Å². The summed E-state index contributed by atoms with van der Waals surface area (Å²) in [5.74, 6) is 0.0470. The number of hydrogen-bond acceptors (Lipinski definition) is 2. The molecule has 0 saturated heterocycles. The van der Waals surface area contributed by atoms with E-state index in [0.717, 1.165) is 5.56 Å². The molecule has 1 N–H and O–H groups in total. The number of aliphatic hydroxyl groups excluding tert-OH is 1. The average Bonchev–Trinajstić information content (AvgIpc) is 2.35. The quantitative estimate of drug-likeness (QED) is 0.747. The third-order valence-corrected chi connectivity index (χ3v) is 2.75. The Hall–Kier alpha value is -1.12. The monoisotopic (exact) mass is 220 g/mol. The zero-order valence-electron chi connectivity index (χ0n) is 9.97. The van der Waals surface area contributed by atoms with Crippen LogP contribution in [0.15, 0.2) is 43.0 Å². The molecular weight excluding hydrogens is 200 g/mol. The Morgan fingerprint density at radius 3 is 2.50 bits per heavy atom. The number of rotatable bonds is 6. The summed E-state index contributed by atoms with van der Waals surface area (Å²) in [7, 11) is 0. The van der Waals surface area contributed by atoms with E-state index in [4.69, 9.17) is 4.74 Å². The largest absolute Gasteiger partial charge is 0.390 e. The smallest absolute Gasteiger partial charge is 0.0858 e. The van der Waals surface area contributed by atoms with Gasteiger partial charge < -0.3 is 9.84 Å². The van der Waals surface area contributed by atoms with Crippen molar-refractivity contribution in [1.82, 2.24) is 0 Å². The van der Waals surface area contributed by atoms with Gasteiger partial charge in [0.25, 0.3) is 0 Å². The first kappa shape index (κ1) is 12.9. The zero-order chi connectivity index (χ0) is 12.0. The fraction of sp³-hybridized carbons (Fsp3) is 0.429. The standard InChI is InChI=1S/C14H20O2/c1-4-11(2)14(15)12(3)16-10-13-8-6-5-7-9-13/h4-9,11-12,14-15H,1,10H2,2-3H3/t11-,12-,14+/m1/s1. The fourth-order valence-corrected chi connectivity index (χ4v) is 1.47. The highest BCUT2D eigenvalue weighted by molar-refractivity contribution is 5.13. The Morgan fingerprint density at radius 1 is 1.31 bits per heavy atom. The molecule has 2 heteroatoms. The average molecular weight is 220 g/mol. The van der Waals surface area contributed by atoms with Crippen LogP contribution in [0.3, 0.4) is 0 Å². The molecule has 0 heterocycles. The summed E-state index contributed by atoms with van der Waals surface area (Å²) in [4.78, 5) is 0. The van der Waals surface area contributed by atoms with Gasteiger partial charge in [-0.15, -0.1) is 6.58 Å². The van der Waals surface area contributed by atoms with Gasteiger partial charge in [0, 0.05) is 5.92 Å². The summed E-state index contributed by atoms with van der Waals surface area (Å²) >= 11 is 0. The minimum absolute atomic E-state index is 0.0470. The van der Waals surface area contributed by atoms with Crippen LogP contribution in [-0.2, 0) is 11.3 Å². The van der Waals surface area contributed by atoms with E-state index in [1.54, 1.807) is 6.08 Å². The van der Waals surface area contributed by atoms with Crippen molar-refractivity contribution in [2.75, 3.05) is 0 Å². The van der Waals surface area contributed by atoms with Gasteiger partial charge in [-0.3, -0.25) is 0 Å². The van der Waals surface area contributed by atoms with Crippen molar-refractivity contribution < 1.29 is 9.84 Å². The van der Waals surface area contributed by atoms with Crippen LogP contribution in [0.25, 0.3) is 0 Å². The Morgan fingerprint density at radius 2 is 1.94 bits per heavy atom. The Labute approximate surface area is 97.6 Å². The fourth-order valence-electron chi connectivity index (χ4n) is 1.47. The molecule has 0 aromatic heterocycles. The number of ether oxygens (including phenoxy) is 1. The highest BCUT2D eigenvalue weighted by Crippen LogP contribution is 2.12. The van der Waals surface area contributed by atoms with Crippen molar-refractivity contribution in [3.05, 3.63) is 48.6 Å². The molecule has 0 unspecified atom stereocenters. The molecule has 0 aliphatic rings. The van der Waals surface area contributed by atoms with Crippen LogP contribution in [0.4, 0.5) is 0 Å². The molecule has 1 aromatic carbocycles. The lowest BCUT2D eigenvalue weighted by molar-refractivity contribution is -0.0487. The van der Waals surface area contributed by atoms with Gasteiger partial charge in [0.1, 0.15) is 0 Å². The normalized spacial score (nSPS) is 16.4. The Balaban J connectivity index is 2.40. The summed E-state index contributed by atoms with van der Waals surface area (Å²) in [6, 6.07) is 9.95. The van der Waals surface area contributed by atoms with Crippen LogP contribution in [0, 0.1) is 5.92 Å². The third kappa shape index (κ3) is 3.80. The lowest BCUT2D eigenvalue weighted by Gasteiger charge is -2.22. The van der Waals surface area contributed by atoms with E-state index in [2.05, 4.69) is 6.58 Å².